The second-order valence-corrected chi connectivity index (χ2v) is 8.79. The van der Waals surface area contributed by atoms with Gasteiger partial charge in [-0.3, -0.25) is 4.72 Å². The van der Waals surface area contributed by atoms with Gasteiger partial charge in [0.05, 0.1) is 3.79 Å². The minimum atomic E-state index is -3.62. The number of benzene rings is 1. The smallest absolute Gasteiger partial charge is 0.263 e. The van der Waals surface area contributed by atoms with E-state index in [2.05, 4.69) is 26.0 Å². The Morgan fingerprint density at radius 3 is 2.57 bits per heavy atom. The van der Waals surface area contributed by atoms with Gasteiger partial charge in [-0.25, -0.2) is 8.42 Å². The molecule has 2 aromatic rings. The van der Waals surface area contributed by atoms with Gasteiger partial charge in [-0.2, -0.15) is 0 Å². The zero-order valence-corrected chi connectivity index (χ0v) is 15.2. The molecule has 0 bridgehead atoms. The van der Waals surface area contributed by atoms with Crippen LogP contribution in [0.3, 0.4) is 0 Å². The second-order valence-electron chi connectivity index (χ2n) is 4.24. The van der Waals surface area contributed by atoms with E-state index in [1.54, 1.807) is 30.3 Å². The molecule has 0 aliphatic rings. The highest BCUT2D eigenvalue weighted by atomic mass is 79.9. The first-order valence-corrected chi connectivity index (χ1v) is 9.66. The summed E-state index contributed by atoms with van der Waals surface area (Å²) in [6.07, 6.45) is 0. The van der Waals surface area contributed by atoms with Crippen LogP contribution >= 0.6 is 38.9 Å². The van der Waals surface area contributed by atoms with Gasteiger partial charge >= 0.3 is 0 Å². The number of anilines is 1. The van der Waals surface area contributed by atoms with Crippen LogP contribution < -0.4 is 10.0 Å². The molecule has 0 unspecified atom stereocenters. The van der Waals surface area contributed by atoms with Crippen molar-refractivity contribution in [1.29, 1.82) is 0 Å². The molecule has 0 spiro atoms. The van der Waals surface area contributed by atoms with Crippen LogP contribution in [0, 0.1) is 0 Å². The summed E-state index contributed by atoms with van der Waals surface area (Å²) in [5, 5.41) is 3.73. The Hall–Kier alpha value is -0.600. The van der Waals surface area contributed by atoms with Crippen LogP contribution in [-0.2, 0) is 16.6 Å². The van der Waals surface area contributed by atoms with Crippen LogP contribution in [0.1, 0.15) is 11.8 Å². The van der Waals surface area contributed by atoms with Crippen molar-refractivity contribution in [2.75, 3.05) is 11.3 Å². The molecule has 4 nitrogen and oxygen atoms in total. The summed E-state index contributed by atoms with van der Waals surface area (Å²) in [5.74, 6) is 0. The van der Waals surface area contributed by atoms with Gasteiger partial charge in [-0.15, -0.1) is 11.3 Å². The van der Waals surface area contributed by atoms with Gasteiger partial charge in [-0.1, -0.05) is 18.5 Å². The predicted octanol–water partition coefficient (Wildman–Crippen LogP) is 4.07. The number of hydrogen-bond donors (Lipinski definition) is 2. The summed E-state index contributed by atoms with van der Waals surface area (Å²) < 4.78 is 27.9. The zero-order chi connectivity index (χ0) is 15.5. The van der Waals surface area contributed by atoms with Crippen LogP contribution in [0.25, 0.3) is 0 Å². The SMILES string of the molecule is CCNCc1cc(S(=O)(=O)Nc2ccc(Cl)cc2)c(Br)s1. The van der Waals surface area contributed by atoms with Crippen molar-refractivity contribution in [3.8, 4) is 0 Å². The Bertz CT molecular complexity index is 714. The average Bonchev–Trinajstić information content (AvgIpc) is 2.81. The summed E-state index contributed by atoms with van der Waals surface area (Å²) in [5.41, 5.74) is 0.478. The molecule has 1 heterocycles. The second kappa shape index (κ2) is 7.11. The molecule has 1 aromatic heterocycles. The molecule has 0 saturated carbocycles. The number of sulfonamides is 1. The molecule has 0 atom stereocenters. The maximum Gasteiger partial charge on any atom is 0.263 e. The largest absolute Gasteiger partial charge is 0.312 e. The fraction of sp³-hybridized carbons (Fsp3) is 0.231. The summed E-state index contributed by atoms with van der Waals surface area (Å²) in [6.45, 7) is 3.49. The van der Waals surface area contributed by atoms with E-state index in [1.807, 2.05) is 6.92 Å². The van der Waals surface area contributed by atoms with Gasteiger partial charge in [0.15, 0.2) is 0 Å². The molecule has 0 saturated heterocycles. The number of nitrogens with one attached hydrogen (secondary N) is 2. The maximum atomic E-state index is 12.4. The lowest BCUT2D eigenvalue weighted by Crippen LogP contribution is -2.13. The fourth-order valence-electron chi connectivity index (χ4n) is 1.64. The van der Waals surface area contributed by atoms with Crippen LogP contribution in [-0.4, -0.2) is 15.0 Å². The standard InChI is InChI=1S/C13H14BrClN2O2S2/c1-2-16-8-11-7-12(13(14)20-11)21(18,19)17-10-5-3-9(15)4-6-10/h3-7,16-17H,2,8H2,1H3. The van der Waals surface area contributed by atoms with Gasteiger partial charge in [-0.05, 0) is 52.8 Å². The van der Waals surface area contributed by atoms with Crippen molar-refractivity contribution in [3.05, 3.63) is 44.0 Å². The number of hydrogen-bond acceptors (Lipinski definition) is 4. The minimum absolute atomic E-state index is 0.246. The Kier molecular flexibility index (Phi) is 5.67. The quantitative estimate of drug-likeness (QED) is 0.756. The van der Waals surface area contributed by atoms with Crippen LogP contribution in [0.4, 0.5) is 5.69 Å². The van der Waals surface area contributed by atoms with E-state index in [9.17, 15) is 8.42 Å². The molecular formula is C13H14BrClN2O2S2. The highest BCUT2D eigenvalue weighted by Gasteiger charge is 2.21. The van der Waals surface area contributed by atoms with E-state index in [0.29, 0.717) is 21.0 Å². The molecule has 0 aliphatic carbocycles. The van der Waals surface area contributed by atoms with Crippen LogP contribution in [0.5, 0.6) is 0 Å². The van der Waals surface area contributed by atoms with Gasteiger partial charge in [0.25, 0.3) is 10.0 Å². The lowest BCUT2D eigenvalue weighted by atomic mass is 10.3. The molecule has 2 rings (SSSR count). The topological polar surface area (TPSA) is 58.2 Å². The number of halogens is 2. The van der Waals surface area contributed by atoms with E-state index in [0.717, 1.165) is 11.4 Å². The van der Waals surface area contributed by atoms with E-state index >= 15 is 0 Å². The van der Waals surface area contributed by atoms with Crippen molar-refractivity contribution in [2.24, 2.45) is 0 Å². The average molecular weight is 410 g/mol. The van der Waals surface area contributed by atoms with Crippen LogP contribution in [0.2, 0.25) is 5.02 Å². The molecule has 114 valence electrons. The first-order chi connectivity index (χ1) is 9.92. The highest BCUT2D eigenvalue weighted by molar-refractivity contribution is 9.11. The summed E-state index contributed by atoms with van der Waals surface area (Å²) in [6, 6.07) is 8.20. The summed E-state index contributed by atoms with van der Waals surface area (Å²) in [7, 11) is -3.62. The third-order valence-electron chi connectivity index (χ3n) is 2.64. The third-order valence-corrected chi connectivity index (χ3v) is 6.53. The first-order valence-electron chi connectivity index (χ1n) is 6.19. The number of thiophene rings is 1. The highest BCUT2D eigenvalue weighted by Crippen LogP contribution is 2.32. The minimum Gasteiger partial charge on any atom is -0.312 e. The molecule has 1 aromatic carbocycles. The molecule has 8 heteroatoms. The Morgan fingerprint density at radius 2 is 1.95 bits per heavy atom. The Morgan fingerprint density at radius 1 is 1.29 bits per heavy atom. The fourth-order valence-corrected chi connectivity index (χ4v) is 5.48. The lowest BCUT2D eigenvalue weighted by Gasteiger charge is -2.07. The first kappa shape index (κ1) is 16.8. The van der Waals surface area contributed by atoms with Gasteiger partial charge in [0.1, 0.15) is 4.90 Å². The van der Waals surface area contributed by atoms with E-state index in [4.69, 9.17) is 11.6 Å². The molecule has 0 fully saturated rings. The molecule has 0 amide bonds. The van der Waals surface area contributed by atoms with Crippen molar-refractivity contribution in [1.82, 2.24) is 5.32 Å². The van der Waals surface area contributed by atoms with Gasteiger partial charge in [0, 0.05) is 22.1 Å². The Balaban J connectivity index is 2.22. The Labute approximate surface area is 141 Å². The maximum absolute atomic E-state index is 12.4. The van der Waals surface area contributed by atoms with Gasteiger partial charge in [0.2, 0.25) is 0 Å². The molecule has 2 N–H and O–H groups in total. The third kappa shape index (κ3) is 4.43. The van der Waals surface area contributed by atoms with Crippen molar-refractivity contribution >= 4 is 54.6 Å². The van der Waals surface area contributed by atoms with E-state index < -0.39 is 10.0 Å². The van der Waals surface area contributed by atoms with E-state index in [1.165, 1.54) is 11.3 Å². The summed E-state index contributed by atoms with van der Waals surface area (Å²) in [4.78, 5) is 1.20. The molecule has 0 radical (unpaired) electrons. The lowest BCUT2D eigenvalue weighted by molar-refractivity contribution is 0.601. The monoisotopic (exact) mass is 408 g/mol. The molecular weight excluding hydrogens is 396 g/mol. The van der Waals surface area contributed by atoms with Crippen molar-refractivity contribution < 1.29 is 8.42 Å². The molecule has 21 heavy (non-hydrogen) atoms. The predicted molar refractivity (Wildman–Crippen MR) is 91.7 cm³/mol. The summed E-state index contributed by atoms with van der Waals surface area (Å²) >= 11 is 10.5. The number of rotatable bonds is 6. The van der Waals surface area contributed by atoms with Gasteiger partial charge < -0.3 is 5.32 Å². The zero-order valence-electron chi connectivity index (χ0n) is 11.2. The normalized spacial score (nSPS) is 11.6. The van der Waals surface area contributed by atoms with Crippen molar-refractivity contribution in [2.45, 2.75) is 18.4 Å². The van der Waals surface area contributed by atoms with Crippen molar-refractivity contribution in [3.63, 3.8) is 0 Å². The molecule has 0 aliphatic heterocycles. The van der Waals surface area contributed by atoms with Crippen LogP contribution in [0.15, 0.2) is 39.0 Å². The van der Waals surface area contributed by atoms with E-state index in [-0.39, 0.29) is 4.90 Å².